The van der Waals surface area contributed by atoms with E-state index in [-0.39, 0.29) is 0 Å². The first-order chi connectivity index (χ1) is 6.73. The third-order valence-electron chi connectivity index (χ3n) is 1.93. The Labute approximate surface area is 92.4 Å². The Kier molecular flexibility index (Phi) is 5.54. The summed E-state index contributed by atoms with van der Waals surface area (Å²) in [6.45, 7) is 9.10. The second-order valence-electron chi connectivity index (χ2n) is 3.82. The maximum atomic E-state index is 11.0. The summed E-state index contributed by atoms with van der Waals surface area (Å²) in [4.78, 5) is 0. The first-order valence-corrected chi connectivity index (χ1v) is 6.35. The van der Waals surface area contributed by atoms with Crippen molar-refractivity contribution in [2.24, 2.45) is 5.14 Å². The van der Waals surface area contributed by atoms with Crippen LogP contribution in [0.15, 0.2) is 36.0 Å². The van der Waals surface area contributed by atoms with Crippen molar-refractivity contribution in [1.29, 1.82) is 0 Å². The Morgan fingerprint density at radius 3 is 2.40 bits per heavy atom. The number of hydrogen-bond donors (Lipinski definition) is 1. The molecule has 0 aromatic heterocycles. The normalized spacial score (nSPS) is 15.6. The molecule has 0 radical (unpaired) electrons. The third-order valence-corrected chi connectivity index (χ3v) is 3.22. The van der Waals surface area contributed by atoms with Gasteiger partial charge in [0.15, 0.2) is 0 Å². The van der Waals surface area contributed by atoms with Crippen molar-refractivity contribution >= 4 is 10.0 Å². The summed E-state index contributed by atoms with van der Waals surface area (Å²) >= 11 is 0. The topological polar surface area (TPSA) is 60.2 Å². The predicted octanol–water partition coefficient (Wildman–Crippen LogP) is 2.13. The SMILES string of the molecule is C=C(C)/C=C\C=C(/C)C[C@H](C)S(N)(=O)=O. The van der Waals surface area contributed by atoms with E-state index >= 15 is 0 Å². The highest BCUT2D eigenvalue weighted by atomic mass is 32.2. The van der Waals surface area contributed by atoms with E-state index < -0.39 is 15.3 Å². The van der Waals surface area contributed by atoms with Crippen LogP contribution in [0.1, 0.15) is 27.2 Å². The lowest BCUT2D eigenvalue weighted by molar-refractivity contribution is 0.584. The van der Waals surface area contributed by atoms with Crippen LogP contribution in [0, 0.1) is 0 Å². The fraction of sp³-hybridized carbons (Fsp3) is 0.455. The molecular weight excluding hydrogens is 210 g/mol. The van der Waals surface area contributed by atoms with Gasteiger partial charge in [0.25, 0.3) is 0 Å². The minimum absolute atomic E-state index is 0.458. The van der Waals surface area contributed by atoms with Crippen LogP contribution in [-0.2, 0) is 10.0 Å². The minimum atomic E-state index is -3.42. The molecule has 0 aliphatic heterocycles. The Morgan fingerprint density at radius 2 is 2.00 bits per heavy atom. The van der Waals surface area contributed by atoms with Crippen LogP contribution in [0.25, 0.3) is 0 Å². The second-order valence-corrected chi connectivity index (χ2v) is 5.81. The molecule has 0 saturated heterocycles. The average Bonchev–Trinajstić information content (AvgIpc) is 2.01. The fourth-order valence-electron chi connectivity index (χ4n) is 1.01. The molecule has 4 heteroatoms. The first-order valence-electron chi connectivity index (χ1n) is 4.74. The molecule has 1 atom stereocenters. The van der Waals surface area contributed by atoms with E-state index in [1.807, 2.05) is 32.1 Å². The lowest BCUT2D eigenvalue weighted by Crippen LogP contribution is -2.25. The van der Waals surface area contributed by atoms with Crippen LogP contribution < -0.4 is 5.14 Å². The van der Waals surface area contributed by atoms with Crippen LogP contribution >= 0.6 is 0 Å². The van der Waals surface area contributed by atoms with Gasteiger partial charge in [-0.2, -0.15) is 0 Å². The number of hydrogen-bond acceptors (Lipinski definition) is 2. The van der Waals surface area contributed by atoms with E-state index in [0.717, 1.165) is 11.1 Å². The molecule has 0 spiro atoms. The van der Waals surface area contributed by atoms with Crippen LogP contribution in [0.2, 0.25) is 0 Å². The van der Waals surface area contributed by atoms with Gasteiger partial charge in [0.2, 0.25) is 10.0 Å². The molecule has 0 aromatic rings. The van der Waals surface area contributed by atoms with Crippen molar-refractivity contribution in [1.82, 2.24) is 0 Å². The zero-order chi connectivity index (χ0) is 12.1. The summed E-state index contributed by atoms with van der Waals surface area (Å²) in [6.07, 6.45) is 6.05. The highest BCUT2D eigenvalue weighted by molar-refractivity contribution is 7.89. The molecule has 0 aromatic carbocycles. The van der Waals surface area contributed by atoms with Gasteiger partial charge in [0.05, 0.1) is 5.25 Å². The molecule has 15 heavy (non-hydrogen) atoms. The Morgan fingerprint density at radius 1 is 1.47 bits per heavy atom. The monoisotopic (exact) mass is 229 g/mol. The molecule has 0 rings (SSSR count). The molecule has 0 saturated carbocycles. The molecule has 0 fully saturated rings. The maximum absolute atomic E-state index is 11.0. The van der Waals surface area contributed by atoms with Crippen molar-refractivity contribution in [2.45, 2.75) is 32.4 Å². The largest absolute Gasteiger partial charge is 0.228 e. The van der Waals surface area contributed by atoms with Crippen molar-refractivity contribution in [3.8, 4) is 0 Å². The van der Waals surface area contributed by atoms with Gasteiger partial charge in [-0.05, 0) is 27.2 Å². The van der Waals surface area contributed by atoms with Gasteiger partial charge < -0.3 is 0 Å². The number of sulfonamides is 1. The Bertz CT molecular complexity index is 377. The van der Waals surface area contributed by atoms with Gasteiger partial charge in [0, 0.05) is 0 Å². The molecule has 3 nitrogen and oxygen atoms in total. The summed E-state index contributed by atoms with van der Waals surface area (Å²) in [6, 6.07) is 0. The summed E-state index contributed by atoms with van der Waals surface area (Å²) in [5.41, 5.74) is 1.94. The molecule has 2 N–H and O–H groups in total. The first kappa shape index (κ1) is 14.1. The predicted molar refractivity (Wildman–Crippen MR) is 64.9 cm³/mol. The second kappa shape index (κ2) is 5.88. The summed E-state index contributed by atoms with van der Waals surface area (Å²) in [5, 5.41) is 4.48. The third kappa shape index (κ3) is 7.11. The van der Waals surface area contributed by atoms with Gasteiger partial charge in [-0.3, -0.25) is 0 Å². The van der Waals surface area contributed by atoms with Crippen LogP contribution in [0.5, 0.6) is 0 Å². The van der Waals surface area contributed by atoms with Crippen molar-refractivity contribution in [2.75, 3.05) is 0 Å². The van der Waals surface area contributed by atoms with Gasteiger partial charge in [0.1, 0.15) is 0 Å². The molecule has 0 aliphatic rings. The van der Waals surface area contributed by atoms with E-state index in [9.17, 15) is 8.42 Å². The lowest BCUT2D eigenvalue weighted by atomic mass is 10.1. The Hall–Kier alpha value is -0.870. The van der Waals surface area contributed by atoms with Crippen LogP contribution in [-0.4, -0.2) is 13.7 Å². The van der Waals surface area contributed by atoms with E-state index in [2.05, 4.69) is 6.58 Å². The van der Waals surface area contributed by atoms with Crippen LogP contribution in [0.3, 0.4) is 0 Å². The summed E-state index contributed by atoms with van der Waals surface area (Å²) < 4.78 is 21.9. The highest BCUT2D eigenvalue weighted by Gasteiger charge is 2.15. The molecule has 0 aliphatic carbocycles. The van der Waals surface area contributed by atoms with Gasteiger partial charge in [-0.1, -0.05) is 36.0 Å². The zero-order valence-electron chi connectivity index (χ0n) is 9.53. The smallest absolute Gasteiger partial charge is 0.212 e. The maximum Gasteiger partial charge on any atom is 0.212 e. The Balaban J connectivity index is 4.38. The number of allylic oxidation sites excluding steroid dienone is 5. The molecule has 0 heterocycles. The molecule has 0 amide bonds. The quantitative estimate of drug-likeness (QED) is 0.734. The molecule has 0 unspecified atom stereocenters. The number of nitrogens with two attached hydrogens (primary N) is 1. The zero-order valence-corrected chi connectivity index (χ0v) is 10.3. The lowest BCUT2D eigenvalue weighted by Gasteiger charge is -2.08. The fourth-order valence-corrected chi connectivity index (χ4v) is 1.51. The molecular formula is C11H19NO2S. The van der Waals surface area contributed by atoms with Crippen molar-refractivity contribution in [3.63, 3.8) is 0 Å². The van der Waals surface area contributed by atoms with Gasteiger partial charge >= 0.3 is 0 Å². The van der Waals surface area contributed by atoms with Gasteiger partial charge in [-0.15, -0.1) is 0 Å². The standard InChI is InChI=1S/C11H19NO2S/c1-9(2)6-5-7-10(3)8-11(4)15(12,13)14/h5-7,11H,1,8H2,2-4H3,(H2,12,13,14)/b6-5-,10-7+/t11-/m0/s1. The van der Waals surface area contributed by atoms with Crippen LogP contribution in [0.4, 0.5) is 0 Å². The number of rotatable bonds is 5. The summed E-state index contributed by atoms with van der Waals surface area (Å²) in [5.74, 6) is 0. The number of primary sulfonamides is 1. The van der Waals surface area contributed by atoms with E-state index in [1.54, 1.807) is 6.92 Å². The van der Waals surface area contributed by atoms with Gasteiger partial charge in [-0.25, -0.2) is 13.6 Å². The van der Waals surface area contributed by atoms with E-state index in [4.69, 9.17) is 5.14 Å². The van der Waals surface area contributed by atoms with Crippen molar-refractivity contribution < 1.29 is 8.42 Å². The van der Waals surface area contributed by atoms with E-state index in [1.165, 1.54) is 0 Å². The summed E-state index contributed by atoms with van der Waals surface area (Å²) in [7, 11) is -3.42. The molecule has 0 bridgehead atoms. The van der Waals surface area contributed by atoms with Crippen molar-refractivity contribution in [3.05, 3.63) is 36.0 Å². The minimum Gasteiger partial charge on any atom is -0.228 e. The molecule has 86 valence electrons. The van der Waals surface area contributed by atoms with E-state index in [0.29, 0.717) is 6.42 Å². The highest BCUT2D eigenvalue weighted by Crippen LogP contribution is 2.09. The average molecular weight is 229 g/mol.